The SMILES string of the molecule is OC1CCCC(CNC2CCSc3c(Cl)cccc32)C1. The van der Waals surface area contributed by atoms with E-state index in [1.54, 1.807) is 0 Å². The van der Waals surface area contributed by atoms with Crippen molar-refractivity contribution in [1.82, 2.24) is 5.32 Å². The van der Waals surface area contributed by atoms with Crippen molar-refractivity contribution in [3.05, 3.63) is 28.8 Å². The van der Waals surface area contributed by atoms with Crippen LogP contribution in [0.5, 0.6) is 0 Å². The lowest BCUT2D eigenvalue weighted by Gasteiger charge is -2.31. The van der Waals surface area contributed by atoms with E-state index < -0.39 is 0 Å². The summed E-state index contributed by atoms with van der Waals surface area (Å²) < 4.78 is 0. The summed E-state index contributed by atoms with van der Waals surface area (Å²) in [4.78, 5) is 1.25. The van der Waals surface area contributed by atoms with Crippen molar-refractivity contribution in [2.45, 2.75) is 49.1 Å². The van der Waals surface area contributed by atoms with Gasteiger partial charge in [0.2, 0.25) is 0 Å². The molecule has 0 saturated heterocycles. The van der Waals surface area contributed by atoms with E-state index in [9.17, 15) is 5.11 Å². The molecule has 0 spiro atoms. The van der Waals surface area contributed by atoms with Crippen molar-refractivity contribution in [2.24, 2.45) is 5.92 Å². The predicted molar refractivity (Wildman–Crippen MR) is 85.5 cm³/mol. The first-order chi connectivity index (χ1) is 9.74. The fourth-order valence-electron chi connectivity index (χ4n) is 3.36. The van der Waals surface area contributed by atoms with E-state index in [1.165, 1.54) is 16.9 Å². The maximum atomic E-state index is 9.76. The van der Waals surface area contributed by atoms with Crippen LogP contribution in [0.3, 0.4) is 0 Å². The molecule has 1 aliphatic heterocycles. The molecule has 1 aliphatic carbocycles. The molecule has 2 aliphatic rings. The highest BCUT2D eigenvalue weighted by Gasteiger charge is 2.25. The van der Waals surface area contributed by atoms with E-state index in [0.29, 0.717) is 12.0 Å². The molecule has 2 nitrogen and oxygen atoms in total. The third-order valence-electron chi connectivity index (χ3n) is 4.43. The number of aliphatic hydroxyl groups excluding tert-OH is 1. The van der Waals surface area contributed by atoms with Crippen LogP contribution in [0.2, 0.25) is 5.02 Å². The Labute approximate surface area is 130 Å². The van der Waals surface area contributed by atoms with Gasteiger partial charge in [-0.3, -0.25) is 0 Å². The molecule has 3 unspecified atom stereocenters. The van der Waals surface area contributed by atoms with Crippen molar-refractivity contribution in [3.8, 4) is 0 Å². The van der Waals surface area contributed by atoms with E-state index in [0.717, 1.165) is 43.0 Å². The zero-order chi connectivity index (χ0) is 13.9. The molecular weight excluding hydrogens is 290 g/mol. The quantitative estimate of drug-likeness (QED) is 0.884. The average Bonchev–Trinajstić information content (AvgIpc) is 2.46. The van der Waals surface area contributed by atoms with Crippen LogP contribution < -0.4 is 5.32 Å². The molecule has 1 aromatic rings. The van der Waals surface area contributed by atoms with Gasteiger partial charge in [-0.15, -0.1) is 11.8 Å². The minimum atomic E-state index is -0.0841. The van der Waals surface area contributed by atoms with Crippen LogP contribution >= 0.6 is 23.4 Å². The molecule has 0 bridgehead atoms. The van der Waals surface area contributed by atoms with Gasteiger partial charge >= 0.3 is 0 Å². The summed E-state index contributed by atoms with van der Waals surface area (Å²) in [6.45, 7) is 1.01. The predicted octanol–water partition coefficient (Wildman–Crippen LogP) is 4.02. The number of hydrogen-bond donors (Lipinski definition) is 2. The van der Waals surface area contributed by atoms with Crippen LogP contribution in [0.25, 0.3) is 0 Å². The molecular formula is C16H22ClNOS. The standard InChI is InChI=1S/C16H22ClNOS/c17-14-6-2-5-13-15(7-8-20-16(13)14)18-10-11-3-1-4-12(19)9-11/h2,5-6,11-12,15,18-19H,1,3-4,7-10H2. The molecule has 110 valence electrons. The van der Waals surface area contributed by atoms with Gasteiger partial charge in [-0.1, -0.05) is 30.2 Å². The van der Waals surface area contributed by atoms with Gasteiger partial charge in [-0.2, -0.15) is 0 Å². The van der Waals surface area contributed by atoms with E-state index in [4.69, 9.17) is 11.6 Å². The summed E-state index contributed by atoms with van der Waals surface area (Å²) in [5.41, 5.74) is 1.35. The second-order valence-electron chi connectivity index (χ2n) is 5.94. The molecule has 3 rings (SSSR count). The van der Waals surface area contributed by atoms with Crippen LogP contribution in [0.15, 0.2) is 23.1 Å². The van der Waals surface area contributed by atoms with Gasteiger partial charge in [0, 0.05) is 10.9 Å². The van der Waals surface area contributed by atoms with Gasteiger partial charge in [0.15, 0.2) is 0 Å². The Bertz CT molecular complexity index is 468. The lowest BCUT2D eigenvalue weighted by Crippen LogP contribution is -2.32. The van der Waals surface area contributed by atoms with E-state index in [-0.39, 0.29) is 6.10 Å². The molecule has 0 amide bonds. The van der Waals surface area contributed by atoms with Gasteiger partial charge < -0.3 is 10.4 Å². The molecule has 4 heteroatoms. The number of rotatable bonds is 3. The number of nitrogens with one attached hydrogen (secondary N) is 1. The van der Waals surface area contributed by atoms with Crippen LogP contribution in [0, 0.1) is 5.92 Å². The molecule has 2 N–H and O–H groups in total. The highest BCUT2D eigenvalue weighted by atomic mass is 35.5. The van der Waals surface area contributed by atoms with Crippen molar-refractivity contribution < 1.29 is 5.11 Å². The smallest absolute Gasteiger partial charge is 0.0545 e. The van der Waals surface area contributed by atoms with E-state index in [1.807, 2.05) is 23.9 Å². The Balaban J connectivity index is 1.63. The third kappa shape index (κ3) is 3.33. The molecule has 1 fully saturated rings. The van der Waals surface area contributed by atoms with Gasteiger partial charge in [0.25, 0.3) is 0 Å². The van der Waals surface area contributed by atoms with Crippen molar-refractivity contribution >= 4 is 23.4 Å². The largest absolute Gasteiger partial charge is 0.393 e. The highest BCUT2D eigenvalue weighted by molar-refractivity contribution is 7.99. The average molecular weight is 312 g/mol. The number of fused-ring (bicyclic) bond motifs is 1. The lowest BCUT2D eigenvalue weighted by atomic mass is 9.87. The Kier molecular flexibility index (Phi) is 4.92. The lowest BCUT2D eigenvalue weighted by molar-refractivity contribution is 0.0995. The Morgan fingerprint density at radius 2 is 2.20 bits per heavy atom. The monoisotopic (exact) mass is 311 g/mol. The molecule has 3 atom stereocenters. The van der Waals surface area contributed by atoms with Crippen LogP contribution in [0.1, 0.15) is 43.7 Å². The Hall–Kier alpha value is -0.220. The van der Waals surface area contributed by atoms with Gasteiger partial charge in [-0.05, 0) is 55.5 Å². The number of hydrogen-bond acceptors (Lipinski definition) is 3. The molecule has 1 heterocycles. The minimum Gasteiger partial charge on any atom is -0.393 e. The van der Waals surface area contributed by atoms with Crippen LogP contribution in [0.4, 0.5) is 0 Å². The molecule has 1 aromatic carbocycles. The number of aliphatic hydroxyl groups is 1. The second-order valence-corrected chi connectivity index (χ2v) is 7.45. The highest BCUT2D eigenvalue weighted by Crippen LogP contribution is 2.40. The van der Waals surface area contributed by atoms with E-state index in [2.05, 4.69) is 11.4 Å². The number of thioether (sulfide) groups is 1. The first-order valence-electron chi connectivity index (χ1n) is 7.56. The van der Waals surface area contributed by atoms with E-state index >= 15 is 0 Å². The van der Waals surface area contributed by atoms with Gasteiger partial charge in [-0.25, -0.2) is 0 Å². The topological polar surface area (TPSA) is 32.3 Å². The number of benzene rings is 1. The number of halogens is 1. The maximum absolute atomic E-state index is 9.76. The van der Waals surface area contributed by atoms with Crippen molar-refractivity contribution in [3.63, 3.8) is 0 Å². The fourth-order valence-corrected chi connectivity index (χ4v) is 4.84. The van der Waals surface area contributed by atoms with Gasteiger partial charge in [0.05, 0.1) is 11.1 Å². The second kappa shape index (κ2) is 6.69. The Morgan fingerprint density at radius 3 is 3.05 bits per heavy atom. The normalized spacial score (nSPS) is 30.0. The van der Waals surface area contributed by atoms with Crippen LogP contribution in [-0.2, 0) is 0 Å². The zero-order valence-electron chi connectivity index (χ0n) is 11.6. The van der Waals surface area contributed by atoms with Crippen molar-refractivity contribution in [2.75, 3.05) is 12.3 Å². The minimum absolute atomic E-state index is 0.0841. The summed E-state index contributed by atoms with van der Waals surface area (Å²) in [5.74, 6) is 1.75. The fraction of sp³-hybridized carbons (Fsp3) is 0.625. The first-order valence-corrected chi connectivity index (χ1v) is 8.93. The molecule has 0 aromatic heterocycles. The first kappa shape index (κ1) is 14.7. The summed E-state index contributed by atoms with van der Waals surface area (Å²) in [6, 6.07) is 6.64. The summed E-state index contributed by atoms with van der Waals surface area (Å²) in [5, 5.41) is 14.4. The molecule has 1 saturated carbocycles. The summed E-state index contributed by atoms with van der Waals surface area (Å²) in [7, 11) is 0. The zero-order valence-corrected chi connectivity index (χ0v) is 13.2. The Morgan fingerprint density at radius 1 is 1.30 bits per heavy atom. The molecule has 20 heavy (non-hydrogen) atoms. The maximum Gasteiger partial charge on any atom is 0.0545 e. The summed E-state index contributed by atoms with van der Waals surface area (Å²) >= 11 is 8.16. The third-order valence-corrected chi connectivity index (χ3v) is 6.04. The van der Waals surface area contributed by atoms with Gasteiger partial charge in [0.1, 0.15) is 0 Å². The van der Waals surface area contributed by atoms with Crippen molar-refractivity contribution in [1.29, 1.82) is 0 Å². The summed E-state index contributed by atoms with van der Waals surface area (Å²) in [6.07, 6.45) is 5.42. The van der Waals surface area contributed by atoms with Crippen LogP contribution in [-0.4, -0.2) is 23.5 Å². The molecule has 0 radical (unpaired) electrons.